The van der Waals surface area contributed by atoms with Crippen molar-refractivity contribution in [2.75, 3.05) is 19.7 Å². The molecule has 0 aliphatic carbocycles. The van der Waals surface area contributed by atoms with Crippen LogP contribution in [-0.2, 0) is 9.53 Å². The molecule has 0 spiro atoms. The molecule has 3 rings (SSSR count). The Kier molecular flexibility index (Phi) is 6.17. The fourth-order valence-corrected chi connectivity index (χ4v) is 3.51. The van der Waals surface area contributed by atoms with Crippen molar-refractivity contribution in [2.45, 2.75) is 29.8 Å². The average Bonchev–Trinajstić information content (AvgIpc) is 2.69. The summed E-state index contributed by atoms with van der Waals surface area (Å²) < 4.78 is 5.06. The zero-order valence-electron chi connectivity index (χ0n) is 14.5. The van der Waals surface area contributed by atoms with Crippen molar-refractivity contribution in [3.8, 4) is 0 Å². The number of hydrogen-bond acceptors (Lipinski definition) is 7. The van der Waals surface area contributed by atoms with Gasteiger partial charge in [0.05, 0.1) is 12.5 Å². The van der Waals surface area contributed by atoms with Gasteiger partial charge in [-0.05, 0) is 49.7 Å². The summed E-state index contributed by atoms with van der Waals surface area (Å²) in [4.78, 5) is 39.7. The smallest absolute Gasteiger partial charge is 0.309 e. The molecule has 0 bridgehead atoms. The molecule has 3 heterocycles. The highest BCUT2D eigenvalue weighted by molar-refractivity contribution is 7.99. The third kappa shape index (κ3) is 4.57. The van der Waals surface area contributed by atoms with Crippen molar-refractivity contribution >= 4 is 23.6 Å². The number of hydrogen-bond donors (Lipinski definition) is 0. The van der Waals surface area contributed by atoms with Gasteiger partial charge < -0.3 is 9.64 Å². The number of carbonyl (C=O) groups excluding carboxylic acids is 2. The van der Waals surface area contributed by atoms with Gasteiger partial charge >= 0.3 is 5.97 Å². The first kappa shape index (κ1) is 18.3. The minimum absolute atomic E-state index is 0.121. The predicted octanol–water partition coefficient (Wildman–Crippen LogP) is 2.44. The van der Waals surface area contributed by atoms with Crippen molar-refractivity contribution < 1.29 is 14.3 Å². The van der Waals surface area contributed by atoms with E-state index in [0.29, 0.717) is 43.4 Å². The number of esters is 1. The summed E-state index contributed by atoms with van der Waals surface area (Å²) in [6.07, 6.45) is 6.21. The standard InChI is InChI=1S/C18H20N4O3S/c1-2-25-17(24)13-5-10-22(11-6-13)16(23)15-12-14(4-9-19-15)26-18-20-7-3-8-21-18/h3-4,7-9,12-13H,2,5-6,10-11H2,1H3. The van der Waals surface area contributed by atoms with Crippen LogP contribution in [0.5, 0.6) is 0 Å². The van der Waals surface area contributed by atoms with E-state index in [1.807, 2.05) is 6.07 Å². The van der Waals surface area contributed by atoms with Gasteiger partial charge in [-0.3, -0.25) is 14.6 Å². The van der Waals surface area contributed by atoms with Crippen LogP contribution in [0.2, 0.25) is 0 Å². The van der Waals surface area contributed by atoms with E-state index in [0.717, 1.165) is 4.90 Å². The lowest BCUT2D eigenvalue weighted by atomic mass is 9.97. The van der Waals surface area contributed by atoms with Crippen LogP contribution in [0.4, 0.5) is 0 Å². The molecule has 0 saturated carbocycles. The van der Waals surface area contributed by atoms with Gasteiger partial charge in [0.1, 0.15) is 5.69 Å². The Morgan fingerprint density at radius 2 is 1.92 bits per heavy atom. The number of rotatable bonds is 5. The zero-order chi connectivity index (χ0) is 18.4. The van der Waals surface area contributed by atoms with Gasteiger partial charge in [0.25, 0.3) is 5.91 Å². The van der Waals surface area contributed by atoms with E-state index in [-0.39, 0.29) is 17.8 Å². The first-order chi connectivity index (χ1) is 12.7. The molecular formula is C18H20N4O3S. The number of aromatic nitrogens is 3. The quantitative estimate of drug-likeness (QED) is 0.588. The molecular weight excluding hydrogens is 352 g/mol. The van der Waals surface area contributed by atoms with Crippen molar-refractivity contribution in [3.05, 3.63) is 42.5 Å². The molecule has 26 heavy (non-hydrogen) atoms. The number of amides is 1. The Morgan fingerprint density at radius 3 is 2.62 bits per heavy atom. The molecule has 1 fully saturated rings. The predicted molar refractivity (Wildman–Crippen MR) is 95.7 cm³/mol. The third-order valence-corrected chi connectivity index (χ3v) is 4.99. The summed E-state index contributed by atoms with van der Waals surface area (Å²) in [7, 11) is 0. The molecule has 8 heteroatoms. The molecule has 1 aliphatic rings. The topological polar surface area (TPSA) is 85.3 Å². The highest BCUT2D eigenvalue weighted by Gasteiger charge is 2.29. The maximum Gasteiger partial charge on any atom is 0.309 e. The average molecular weight is 372 g/mol. The lowest BCUT2D eigenvalue weighted by molar-refractivity contribution is -0.149. The summed E-state index contributed by atoms with van der Waals surface area (Å²) in [5.41, 5.74) is 0.389. The van der Waals surface area contributed by atoms with Crippen LogP contribution in [-0.4, -0.2) is 51.4 Å². The van der Waals surface area contributed by atoms with Gasteiger partial charge in [0.2, 0.25) is 0 Å². The minimum atomic E-state index is -0.168. The van der Waals surface area contributed by atoms with Crippen LogP contribution in [0.1, 0.15) is 30.3 Å². The number of likely N-dealkylation sites (tertiary alicyclic amines) is 1. The maximum atomic E-state index is 12.7. The van der Waals surface area contributed by atoms with Crippen LogP contribution in [0.3, 0.4) is 0 Å². The van der Waals surface area contributed by atoms with E-state index in [1.54, 1.807) is 42.5 Å². The van der Waals surface area contributed by atoms with E-state index in [2.05, 4.69) is 15.0 Å². The normalized spacial score (nSPS) is 14.9. The first-order valence-corrected chi connectivity index (χ1v) is 9.36. The van der Waals surface area contributed by atoms with Crippen LogP contribution < -0.4 is 0 Å². The Morgan fingerprint density at radius 1 is 1.19 bits per heavy atom. The van der Waals surface area contributed by atoms with Crippen molar-refractivity contribution in [1.82, 2.24) is 19.9 Å². The number of pyridine rings is 1. The molecule has 0 aromatic carbocycles. The molecule has 2 aromatic rings. The number of piperidine rings is 1. The van der Waals surface area contributed by atoms with Crippen LogP contribution >= 0.6 is 11.8 Å². The van der Waals surface area contributed by atoms with Gasteiger partial charge in [-0.15, -0.1) is 0 Å². The number of carbonyl (C=O) groups is 2. The SMILES string of the molecule is CCOC(=O)C1CCN(C(=O)c2cc(Sc3ncccn3)ccn2)CC1. The maximum absolute atomic E-state index is 12.7. The molecule has 0 radical (unpaired) electrons. The van der Waals surface area contributed by atoms with Crippen LogP contribution in [0.15, 0.2) is 46.8 Å². The van der Waals surface area contributed by atoms with E-state index in [4.69, 9.17) is 4.74 Å². The summed E-state index contributed by atoms with van der Waals surface area (Å²) in [5.74, 6) is -0.410. The lowest BCUT2D eigenvalue weighted by Gasteiger charge is -2.30. The van der Waals surface area contributed by atoms with Crippen LogP contribution in [0, 0.1) is 5.92 Å². The molecule has 0 N–H and O–H groups in total. The molecule has 1 saturated heterocycles. The zero-order valence-corrected chi connectivity index (χ0v) is 15.3. The first-order valence-electron chi connectivity index (χ1n) is 8.54. The molecule has 0 unspecified atom stereocenters. The molecule has 2 aromatic heterocycles. The van der Waals surface area contributed by atoms with Gasteiger partial charge in [0, 0.05) is 36.6 Å². The van der Waals surface area contributed by atoms with E-state index >= 15 is 0 Å². The van der Waals surface area contributed by atoms with Crippen molar-refractivity contribution in [1.29, 1.82) is 0 Å². The largest absolute Gasteiger partial charge is 0.466 e. The van der Waals surface area contributed by atoms with Gasteiger partial charge in [-0.25, -0.2) is 9.97 Å². The summed E-state index contributed by atoms with van der Waals surface area (Å²) in [5, 5.41) is 0.618. The molecule has 7 nitrogen and oxygen atoms in total. The summed E-state index contributed by atoms with van der Waals surface area (Å²) in [6, 6.07) is 5.33. The lowest BCUT2D eigenvalue weighted by Crippen LogP contribution is -2.41. The number of ether oxygens (including phenoxy) is 1. The number of nitrogens with zero attached hydrogens (tertiary/aromatic N) is 4. The Balaban J connectivity index is 1.62. The van der Waals surface area contributed by atoms with Crippen LogP contribution in [0.25, 0.3) is 0 Å². The highest BCUT2D eigenvalue weighted by Crippen LogP contribution is 2.25. The second-order valence-corrected chi connectivity index (χ2v) is 6.87. The third-order valence-electron chi connectivity index (χ3n) is 4.10. The van der Waals surface area contributed by atoms with E-state index in [9.17, 15) is 9.59 Å². The van der Waals surface area contributed by atoms with Crippen molar-refractivity contribution in [3.63, 3.8) is 0 Å². The fourth-order valence-electron chi connectivity index (χ4n) is 2.78. The Labute approximate surface area is 156 Å². The monoisotopic (exact) mass is 372 g/mol. The summed E-state index contributed by atoms with van der Waals surface area (Å²) in [6.45, 7) is 3.25. The van der Waals surface area contributed by atoms with Gasteiger partial charge in [0.15, 0.2) is 5.16 Å². The molecule has 1 amide bonds. The Hall–Kier alpha value is -2.48. The van der Waals surface area contributed by atoms with Gasteiger partial charge in [-0.1, -0.05) is 0 Å². The van der Waals surface area contributed by atoms with Crippen molar-refractivity contribution in [2.24, 2.45) is 5.92 Å². The molecule has 1 aliphatic heterocycles. The van der Waals surface area contributed by atoms with E-state index in [1.165, 1.54) is 11.8 Å². The molecule has 0 atom stereocenters. The minimum Gasteiger partial charge on any atom is -0.466 e. The second-order valence-electron chi connectivity index (χ2n) is 5.83. The van der Waals surface area contributed by atoms with E-state index < -0.39 is 0 Å². The second kappa shape index (κ2) is 8.75. The van der Waals surface area contributed by atoms with Gasteiger partial charge in [-0.2, -0.15) is 0 Å². The fraction of sp³-hybridized carbons (Fsp3) is 0.389. The molecule has 136 valence electrons. The Bertz CT molecular complexity index is 764. The summed E-state index contributed by atoms with van der Waals surface area (Å²) >= 11 is 1.38. The highest BCUT2D eigenvalue weighted by atomic mass is 32.2.